The third kappa shape index (κ3) is 3.91. The summed E-state index contributed by atoms with van der Waals surface area (Å²) in [7, 11) is 0. The normalized spacial score (nSPS) is 23.1. The van der Waals surface area contributed by atoms with Crippen molar-refractivity contribution in [1.82, 2.24) is 15.5 Å². The van der Waals surface area contributed by atoms with Crippen molar-refractivity contribution >= 4 is 17.7 Å². The maximum atomic E-state index is 4.38. The molecule has 2 N–H and O–H groups in total. The molecule has 2 rings (SSSR count). The second-order valence-corrected chi connectivity index (χ2v) is 5.12. The Balaban J connectivity index is 1.59. The minimum Gasteiger partial charge on any atom is -0.356 e. The summed E-state index contributed by atoms with van der Waals surface area (Å²) in [5.41, 5.74) is 0. The highest BCUT2D eigenvalue weighted by molar-refractivity contribution is 7.99. The van der Waals surface area contributed by atoms with E-state index < -0.39 is 0 Å². The standard InChI is InChI=1S/C10H20N4S/c1-2-11-10(12-3-1)13-4-5-14-6-8-15-9-7-14/h1-9H2,(H2,11,12,13). The summed E-state index contributed by atoms with van der Waals surface area (Å²) in [6.45, 7) is 6.66. The molecule has 2 heterocycles. The molecule has 4 nitrogen and oxygen atoms in total. The first-order valence-electron chi connectivity index (χ1n) is 5.77. The predicted octanol–water partition coefficient (Wildman–Crippen LogP) is -0.0259. The molecular formula is C10H20N4S. The van der Waals surface area contributed by atoms with E-state index in [1.165, 1.54) is 24.6 Å². The Morgan fingerprint density at radius 3 is 3.00 bits per heavy atom. The van der Waals surface area contributed by atoms with Crippen molar-refractivity contribution in [1.29, 1.82) is 0 Å². The molecule has 0 aromatic carbocycles. The fraction of sp³-hybridized carbons (Fsp3) is 0.900. The average Bonchev–Trinajstić information content (AvgIpc) is 2.32. The van der Waals surface area contributed by atoms with E-state index >= 15 is 0 Å². The van der Waals surface area contributed by atoms with Crippen molar-refractivity contribution in [3.05, 3.63) is 0 Å². The number of rotatable bonds is 3. The second kappa shape index (κ2) is 6.23. The van der Waals surface area contributed by atoms with Crippen LogP contribution in [0.1, 0.15) is 6.42 Å². The molecule has 0 atom stereocenters. The van der Waals surface area contributed by atoms with E-state index in [4.69, 9.17) is 0 Å². The first-order valence-corrected chi connectivity index (χ1v) is 6.93. The molecule has 0 saturated carbocycles. The van der Waals surface area contributed by atoms with Crippen molar-refractivity contribution in [2.24, 2.45) is 4.99 Å². The van der Waals surface area contributed by atoms with Crippen LogP contribution in [0, 0.1) is 0 Å². The van der Waals surface area contributed by atoms with Crippen LogP contribution in [-0.2, 0) is 0 Å². The van der Waals surface area contributed by atoms with Crippen molar-refractivity contribution < 1.29 is 0 Å². The maximum absolute atomic E-state index is 4.38. The van der Waals surface area contributed by atoms with Crippen LogP contribution in [0.3, 0.4) is 0 Å². The van der Waals surface area contributed by atoms with Crippen LogP contribution in [0.15, 0.2) is 4.99 Å². The molecule has 0 unspecified atom stereocenters. The summed E-state index contributed by atoms with van der Waals surface area (Å²) >= 11 is 2.06. The summed E-state index contributed by atoms with van der Waals surface area (Å²) in [5, 5.41) is 6.63. The van der Waals surface area contributed by atoms with Gasteiger partial charge in [-0.15, -0.1) is 0 Å². The van der Waals surface area contributed by atoms with Gasteiger partial charge in [-0.3, -0.25) is 9.89 Å². The van der Waals surface area contributed by atoms with E-state index in [0.29, 0.717) is 0 Å². The van der Waals surface area contributed by atoms with E-state index in [1.54, 1.807) is 0 Å². The zero-order valence-electron chi connectivity index (χ0n) is 9.17. The van der Waals surface area contributed by atoms with Gasteiger partial charge in [-0.05, 0) is 6.42 Å². The number of aliphatic imine (C=N–C) groups is 1. The number of guanidine groups is 1. The first kappa shape index (κ1) is 11.1. The molecule has 0 spiro atoms. The number of hydrogen-bond donors (Lipinski definition) is 2. The number of thioether (sulfide) groups is 1. The van der Waals surface area contributed by atoms with Gasteiger partial charge in [0.15, 0.2) is 5.96 Å². The van der Waals surface area contributed by atoms with E-state index in [2.05, 4.69) is 32.3 Å². The highest BCUT2D eigenvalue weighted by Crippen LogP contribution is 2.07. The van der Waals surface area contributed by atoms with Crippen LogP contribution in [-0.4, -0.2) is 61.6 Å². The monoisotopic (exact) mass is 228 g/mol. The van der Waals surface area contributed by atoms with Gasteiger partial charge in [-0.2, -0.15) is 11.8 Å². The Labute approximate surface area is 95.9 Å². The molecule has 1 fully saturated rings. The fourth-order valence-corrected chi connectivity index (χ4v) is 2.79. The molecule has 5 heteroatoms. The summed E-state index contributed by atoms with van der Waals surface area (Å²) in [4.78, 5) is 6.90. The summed E-state index contributed by atoms with van der Waals surface area (Å²) < 4.78 is 0. The molecule has 0 aromatic heterocycles. The van der Waals surface area contributed by atoms with Crippen LogP contribution >= 0.6 is 11.8 Å². The molecule has 15 heavy (non-hydrogen) atoms. The lowest BCUT2D eigenvalue weighted by molar-refractivity contribution is 0.306. The Kier molecular flexibility index (Phi) is 4.60. The fourth-order valence-electron chi connectivity index (χ4n) is 1.81. The third-order valence-electron chi connectivity index (χ3n) is 2.72. The molecule has 2 aliphatic heterocycles. The first-order chi connectivity index (χ1) is 7.45. The molecule has 0 bridgehead atoms. The Morgan fingerprint density at radius 2 is 2.27 bits per heavy atom. The highest BCUT2D eigenvalue weighted by Gasteiger charge is 2.10. The van der Waals surface area contributed by atoms with Gasteiger partial charge in [-0.25, -0.2) is 0 Å². The highest BCUT2D eigenvalue weighted by atomic mass is 32.2. The maximum Gasteiger partial charge on any atom is 0.191 e. The predicted molar refractivity (Wildman–Crippen MR) is 66.7 cm³/mol. The molecule has 0 amide bonds. The topological polar surface area (TPSA) is 39.7 Å². The van der Waals surface area contributed by atoms with Gasteiger partial charge in [0, 0.05) is 50.8 Å². The Hall–Kier alpha value is -0.420. The van der Waals surface area contributed by atoms with E-state index in [-0.39, 0.29) is 0 Å². The van der Waals surface area contributed by atoms with Crippen molar-refractivity contribution in [2.75, 3.05) is 50.8 Å². The third-order valence-corrected chi connectivity index (χ3v) is 3.66. The molecule has 2 aliphatic rings. The van der Waals surface area contributed by atoms with E-state index in [0.717, 1.165) is 38.6 Å². The lowest BCUT2D eigenvalue weighted by Gasteiger charge is -2.26. The van der Waals surface area contributed by atoms with Gasteiger partial charge >= 0.3 is 0 Å². The smallest absolute Gasteiger partial charge is 0.191 e. The minimum absolute atomic E-state index is 0.968. The van der Waals surface area contributed by atoms with Crippen molar-refractivity contribution in [2.45, 2.75) is 6.42 Å². The number of hydrogen-bond acceptors (Lipinski definition) is 5. The molecule has 0 radical (unpaired) electrons. The quantitative estimate of drug-likeness (QED) is 0.712. The zero-order valence-corrected chi connectivity index (χ0v) is 9.98. The van der Waals surface area contributed by atoms with Crippen molar-refractivity contribution in [3.63, 3.8) is 0 Å². The van der Waals surface area contributed by atoms with Gasteiger partial charge in [0.2, 0.25) is 0 Å². The summed E-state index contributed by atoms with van der Waals surface area (Å²) in [5.74, 6) is 3.57. The average molecular weight is 228 g/mol. The zero-order chi connectivity index (χ0) is 10.3. The summed E-state index contributed by atoms with van der Waals surface area (Å²) in [6, 6.07) is 0. The molecule has 0 aliphatic carbocycles. The number of nitrogens with one attached hydrogen (secondary N) is 2. The minimum atomic E-state index is 0.968. The molecular weight excluding hydrogens is 208 g/mol. The lowest BCUT2D eigenvalue weighted by Crippen LogP contribution is -2.45. The van der Waals surface area contributed by atoms with Gasteiger partial charge in [0.25, 0.3) is 0 Å². The molecule has 1 saturated heterocycles. The van der Waals surface area contributed by atoms with Crippen molar-refractivity contribution in [3.8, 4) is 0 Å². The molecule has 0 aromatic rings. The Morgan fingerprint density at radius 1 is 1.40 bits per heavy atom. The van der Waals surface area contributed by atoms with Gasteiger partial charge in [0.05, 0.1) is 0 Å². The van der Waals surface area contributed by atoms with E-state index in [1.807, 2.05) is 0 Å². The second-order valence-electron chi connectivity index (χ2n) is 3.89. The Bertz CT molecular complexity index is 213. The number of nitrogens with zero attached hydrogens (tertiary/aromatic N) is 2. The SMILES string of the molecule is C1CN=C(NCCN2CCSCC2)NC1. The van der Waals surface area contributed by atoms with Crippen LogP contribution in [0.5, 0.6) is 0 Å². The van der Waals surface area contributed by atoms with E-state index in [9.17, 15) is 0 Å². The molecule has 86 valence electrons. The van der Waals surface area contributed by atoms with Gasteiger partial charge < -0.3 is 10.6 Å². The lowest BCUT2D eigenvalue weighted by atomic mass is 10.4. The largest absolute Gasteiger partial charge is 0.356 e. The van der Waals surface area contributed by atoms with Gasteiger partial charge in [-0.1, -0.05) is 0 Å². The summed E-state index contributed by atoms with van der Waals surface area (Å²) in [6.07, 6.45) is 1.16. The van der Waals surface area contributed by atoms with Crippen LogP contribution in [0.25, 0.3) is 0 Å². The van der Waals surface area contributed by atoms with Crippen LogP contribution < -0.4 is 10.6 Å². The van der Waals surface area contributed by atoms with Crippen LogP contribution in [0.4, 0.5) is 0 Å². The van der Waals surface area contributed by atoms with Crippen LogP contribution in [0.2, 0.25) is 0 Å². The van der Waals surface area contributed by atoms with Gasteiger partial charge in [0.1, 0.15) is 0 Å².